The number of allylic oxidation sites excluding steroid dienone is 2. The van der Waals surface area contributed by atoms with Gasteiger partial charge in [-0.2, -0.15) is 0 Å². The van der Waals surface area contributed by atoms with Crippen LogP contribution in [0.15, 0.2) is 17.7 Å². The minimum Gasteiger partial charge on any atom is -0.508 e. The number of aliphatic hydroxyl groups is 4. The Balaban J connectivity index is 1.72. The molecule has 2 heterocycles. The van der Waals surface area contributed by atoms with Crippen molar-refractivity contribution in [3.63, 3.8) is 0 Å². The maximum atomic E-state index is 12.6. The van der Waals surface area contributed by atoms with E-state index in [-0.39, 0.29) is 31.2 Å². The lowest BCUT2D eigenvalue weighted by atomic mass is 9.84. The highest BCUT2D eigenvalue weighted by atomic mass is 16.5. The number of hydrogen-bond acceptors (Lipinski definition) is 7. The molecule has 0 spiro atoms. The molecule has 0 saturated carbocycles. The van der Waals surface area contributed by atoms with Crippen molar-refractivity contribution in [1.29, 1.82) is 0 Å². The number of aliphatic hydroxyl groups excluding tert-OH is 3. The van der Waals surface area contributed by atoms with Crippen molar-refractivity contribution in [2.75, 3.05) is 13.2 Å². The molecule has 0 bridgehead atoms. The molecule has 184 valence electrons. The number of ether oxygens (including phenoxy) is 1. The van der Waals surface area contributed by atoms with E-state index in [9.17, 15) is 30.3 Å². The lowest BCUT2D eigenvalue weighted by Crippen LogP contribution is -2.49. The maximum absolute atomic E-state index is 12.6. The zero-order valence-corrected chi connectivity index (χ0v) is 20.0. The van der Waals surface area contributed by atoms with Crippen LogP contribution in [0.5, 0.6) is 11.5 Å². The number of hydrogen-bond donors (Lipinski definition) is 5. The predicted molar refractivity (Wildman–Crippen MR) is 123 cm³/mol. The summed E-state index contributed by atoms with van der Waals surface area (Å²) in [5.41, 5.74) is 0.611. The molecule has 8 nitrogen and oxygen atoms in total. The number of phenolic OH excluding ortho intramolecular Hbond substituents is 1. The summed E-state index contributed by atoms with van der Waals surface area (Å²) in [4.78, 5) is 14.1. The summed E-state index contributed by atoms with van der Waals surface area (Å²) in [5.74, 6) is 0.145. The number of carbonyl (C=O) groups is 1. The normalized spacial score (nSPS) is 23.9. The van der Waals surface area contributed by atoms with Crippen LogP contribution >= 0.6 is 0 Å². The standard InChI is InChI=1S/C25H37NO7/c1-15(7-8-20(29)24(2,3)32)6-5-9-25(4)21(30)13-17-19(28)12-16-18(22(17)33-25)14-26(10-11-27)23(16)31/h6,12,20-21,27-30,32H,5,7-11,13-14H2,1-4H3/t20-,21+,25+/m0/s1. The average molecular weight is 464 g/mol. The third kappa shape index (κ3) is 5.35. The molecular weight excluding hydrogens is 426 g/mol. The summed E-state index contributed by atoms with van der Waals surface area (Å²) in [6, 6.07) is 1.43. The van der Waals surface area contributed by atoms with Crippen molar-refractivity contribution < 1.29 is 35.1 Å². The summed E-state index contributed by atoms with van der Waals surface area (Å²) < 4.78 is 6.30. The first kappa shape index (κ1) is 25.5. The summed E-state index contributed by atoms with van der Waals surface area (Å²) in [5, 5.41) is 50.5. The first-order chi connectivity index (χ1) is 15.4. The fourth-order valence-corrected chi connectivity index (χ4v) is 4.49. The Labute approximate surface area is 195 Å². The molecule has 5 N–H and O–H groups in total. The molecule has 8 heteroatoms. The topological polar surface area (TPSA) is 131 Å². The van der Waals surface area contributed by atoms with Gasteiger partial charge in [0, 0.05) is 24.1 Å². The summed E-state index contributed by atoms with van der Waals surface area (Å²) in [6.07, 6.45) is 2.92. The van der Waals surface area contributed by atoms with Crippen molar-refractivity contribution in [2.24, 2.45) is 0 Å². The Morgan fingerprint density at radius 3 is 2.73 bits per heavy atom. The van der Waals surface area contributed by atoms with Crippen LogP contribution in [0.1, 0.15) is 74.9 Å². The molecule has 2 aliphatic rings. The third-order valence-electron chi connectivity index (χ3n) is 6.90. The molecule has 3 rings (SSSR count). The molecule has 0 aromatic heterocycles. The number of benzene rings is 1. The monoisotopic (exact) mass is 463 g/mol. The minimum absolute atomic E-state index is 0.0647. The number of rotatable bonds is 9. The highest BCUT2D eigenvalue weighted by molar-refractivity contribution is 6.00. The van der Waals surface area contributed by atoms with Crippen molar-refractivity contribution in [3.8, 4) is 11.5 Å². The third-order valence-corrected chi connectivity index (χ3v) is 6.90. The van der Waals surface area contributed by atoms with E-state index in [1.807, 2.05) is 19.9 Å². The van der Waals surface area contributed by atoms with Gasteiger partial charge in [0.15, 0.2) is 0 Å². The van der Waals surface area contributed by atoms with Gasteiger partial charge in [-0.1, -0.05) is 11.6 Å². The quantitative estimate of drug-likeness (QED) is 0.354. The van der Waals surface area contributed by atoms with Crippen LogP contribution in [0.2, 0.25) is 0 Å². The lowest BCUT2D eigenvalue weighted by molar-refractivity contribution is -0.0599. The zero-order chi connectivity index (χ0) is 24.6. The lowest BCUT2D eigenvalue weighted by Gasteiger charge is -2.40. The van der Waals surface area contributed by atoms with Gasteiger partial charge in [0.2, 0.25) is 0 Å². The molecule has 0 aliphatic carbocycles. The van der Waals surface area contributed by atoms with Crippen LogP contribution in [0.4, 0.5) is 0 Å². The minimum atomic E-state index is -1.14. The summed E-state index contributed by atoms with van der Waals surface area (Å²) in [6.45, 7) is 7.33. The van der Waals surface area contributed by atoms with Crippen LogP contribution in [0.3, 0.4) is 0 Å². The molecule has 1 amide bonds. The number of carbonyl (C=O) groups excluding carboxylic acids is 1. The van der Waals surface area contributed by atoms with Crippen LogP contribution in [-0.2, 0) is 13.0 Å². The molecule has 1 aromatic rings. The highest BCUT2D eigenvalue weighted by Gasteiger charge is 2.44. The molecule has 0 radical (unpaired) electrons. The predicted octanol–water partition coefficient (Wildman–Crippen LogP) is 2.03. The highest BCUT2D eigenvalue weighted by Crippen LogP contribution is 2.46. The second kappa shape index (κ2) is 9.62. The Morgan fingerprint density at radius 2 is 2.09 bits per heavy atom. The first-order valence-electron chi connectivity index (χ1n) is 11.6. The Bertz CT molecular complexity index is 920. The second-order valence-corrected chi connectivity index (χ2v) is 10.1. The van der Waals surface area contributed by atoms with E-state index in [1.165, 1.54) is 11.0 Å². The molecule has 0 saturated heterocycles. The van der Waals surface area contributed by atoms with Crippen molar-refractivity contribution in [2.45, 2.75) is 89.8 Å². The number of aromatic hydroxyl groups is 1. The van der Waals surface area contributed by atoms with Crippen LogP contribution in [-0.4, -0.2) is 72.9 Å². The fourth-order valence-electron chi connectivity index (χ4n) is 4.49. The number of phenols is 1. The maximum Gasteiger partial charge on any atom is 0.254 e. The summed E-state index contributed by atoms with van der Waals surface area (Å²) >= 11 is 0. The first-order valence-corrected chi connectivity index (χ1v) is 11.6. The molecule has 1 aromatic carbocycles. The van der Waals surface area contributed by atoms with Gasteiger partial charge < -0.3 is 35.2 Å². The molecular formula is C25H37NO7. The van der Waals surface area contributed by atoms with Crippen molar-refractivity contribution in [3.05, 3.63) is 34.4 Å². The molecule has 0 fully saturated rings. The second-order valence-electron chi connectivity index (χ2n) is 10.1. The van der Waals surface area contributed by atoms with E-state index in [1.54, 1.807) is 13.8 Å². The molecule has 2 aliphatic heterocycles. The fraction of sp³-hybridized carbons (Fsp3) is 0.640. The smallest absolute Gasteiger partial charge is 0.254 e. The molecule has 3 atom stereocenters. The van der Waals surface area contributed by atoms with E-state index >= 15 is 0 Å². The van der Waals surface area contributed by atoms with E-state index in [0.29, 0.717) is 54.7 Å². The van der Waals surface area contributed by atoms with Gasteiger partial charge in [0.05, 0.1) is 36.5 Å². The number of nitrogens with zero attached hydrogens (tertiary/aromatic N) is 1. The van der Waals surface area contributed by atoms with Gasteiger partial charge in [0.1, 0.15) is 17.1 Å². The largest absolute Gasteiger partial charge is 0.508 e. The number of β-amino-alcohol motifs (C(OH)–C–C–N with tert-alkyl or cyclic N) is 1. The van der Waals surface area contributed by atoms with Gasteiger partial charge >= 0.3 is 0 Å². The van der Waals surface area contributed by atoms with E-state index in [0.717, 1.165) is 5.57 Å². The summed E-state index contributed by atoms with van der Waals surface area (Å²) in [7, 11) is 0. The number of fused-ring (bicyclic) bond motifs is 3. The Morgan fingerprint density at radius 1 is 1.39 bits per heavy atom. The van der Waals surface area contributed by atoms with Crippen LogP contribution < -0.4 is 4.74 Å². The molecule has 0 unspecified atom stereocenters. The van der Waals surface area contributed by atoms with Gasteiger partial charge in [-0.3, -0.25) is 4.79 Å². The van der Waals surface area contributed by atoms with E-state index in [4.69, 9.17) is 4.74 Å². The Hall–Kier alpha value is -2.13. The van der Waals surface area contributed by atoms with E-state index < -0.39 is 23.4 Å². The van der Waals surface area contributed by atoms with Gasteiger partial charge in [0.25, 0.3) is 5.91 Å². The van der Waals surface area contributed by atoms with Crippen LogP contribution in [0, 0.1) is 0 Å². The molecule has 33 heavy (non-hydrogen) atoms. The van der Waals surface area contributed by atoms with Gasteiger partial charge in [-0.05, 0) is 59.4 Å². The van der Waals surface area contributed by atoms with E-state index in [2.05, 4.69) is 0 Å². The van der Waals surface area contributed by atoms with Crippen LogP contribution in [0.25, 0.3) is 0 Å². The van der Waals surface area contributed by atoms with Crippen molar-refractivity contribution in [1.82, 2.24) is 4.90 Å². The Kier molecular flexibility index (Phi) is 7.43. The number of amides is 1. The average Bonchev–Trinajstić information content (AvgIpc) is 3.03. The SMILES string of the molecule is CC(=CCC[C@@]1(C)Oc2c(c(O)cc3c2CN(CCO)C3=O)C[C@H]1O)CC[C@H](O)C(C)(C)O. The van der Waals surface area contributed by atoms with Crippen molar-refractivity contribution >= 4 is 5.91 Å². The van der Waals surface area contributed by atoms with Gasteiger partial charge in [-0.25, -0.2) is 0 Å². The zero-order valence-electron chi connectivity index (χ0n) is 20.0. The van der Waals surface area contributed by atoms with Gasteiger partial charge in [-0.15, -0.1) is 0 Å².